The molecule has 0 atom stereocenters. The number of halogens is 1. The Labute approximate surface area is 137 Å². The fourth-order valence-corrected chi connectivity index (χ4v) is 3.18. The van der Waals surface area contributed by atoms with Crippen molar-refractivity contribution in [3.63, 3.8) is 0 Å². The second-order valence-corrected chi connectivity index (χ2v) is 7.85. The number of hydrogen-bond acceptors (Lipinski definition) is 3. The Morgan fingerprint density at radius 1 is 1.32 bits per heavy atom. The normalized spacial score (nSPS) is 13.0. The quantitative estimate of drug-likeness (QED) is 0.536. The summed E-state index contributed by atoms with van der Waals surface area (Å²) in [5.74, 6) is 0.586. The zero-order chi connectivity index (χ0) is 16.8. The van der Waals surface area contributed by atoms with Gasteiger partial charge in [-0.2, -0.15) is 0 Å². The highest BCUT2D eigenvalue weighted by atomic mass is 35.5. The van der Waals surface area contributed by atoms with Crippen LogP contribution in [0, 0.1) is 0 Å². The predicted octanol–water partition coefficient (Wildman–Crippen LogP) is 1.33. The van der Waals surface area contributed by atoms with Crippen molar-refractivity contribution < 1.29 is 8.42 Å². The van der Waals surface area contributed by atoms with E-state index < -0.39 is 15.6 Å². The smallest absolute Gasteiger partial charge is 0.209 e. The molecule has 0 aliphatic carbocycles. The molecule has 1 aromatic rings. The number of hydrogen-bond donors (Lipinski definition) is 3. The van der Waals surface area contributed by atoms with E-state index in [1.54, 1.807) is 20.9 Å². The molecule has 0 aromatic heterocycles. The van der Waals surface area contributed by atoms with E-state index in [0.717, 1.165) is 11.8 Å². The zero-order valence-electron chi connectivity index (χ0n) is 13.3. The van der Waals surface area contributed by atoms with Gasteiger partial charge in [0.1, 0.15) is 0 Å². The molecular weight excluding hydrogens is 324 g/mol. The number of guanidine groups is 1. The summed E-state index contributed by atoms with van der Waals surface area (Å²) < 4.78 is 25.2. The number of nitrogens with zero attached hydrogens (tertiary/aromatic N) is 1. The lowest BCUT2D eigenvalue weighted by molar-refractivity contribution is 0.446. The van der Waals surface area contributed by atoms with Crippen LogP contribution in [-0.4, -0.2) is 39.8 Å². The molecular formula is C14H23ClN4O2S. The summed E-state index contributed by atoms with van der Waals surface area (Å²) >= 11 is 5.94. The van der Waals surface area contributed by atoms with Gasteiger partial charge in [0, 0.05) is 30.7 Å². The maximum atomic E-state index is 11.3. The molecule has 0 amide bonds. The van der Waals surface area contributed by atoms with E-state index >= 15 is 0 Å². The topological polar surface area (TPSA) is 82.6 Å². The minimum atomic E-state index is -3.26. The standard InChI is InChI=1S/C14H23ClN4O2S/c1-14(2,19-22(4,20)21)10-18-13(16-3)17-9-11-6-5-7-12(15)8-11/h5-8,19H,9-10H2,1-4H3,(H2,16,17,18). The Kier molecular flexibility index (Phi) is 6.65. The Bertz CT molecular complexity index is 629. The minimum Gasteiger partial charge on any atom is -0.355 e. The van der Waals surface area contributed by atoms with Crippen molar-refractivity contribution in [2.45, 2.75) is 25.9 Å². The largest absolute Gasteiger partial charge is 0.355 e. The summed E-state index contributed by atoms with van der Waals surface area (Å²) in [5, 5.41) is 6.93. The molecule has 8 heteroatoms. The highest BCUT2D eigenvalue weighted by molar-refractivity contribution is 7.88. The van der Waals surface area contributed by atoms with Gasteiger partial charge >= 0.3 is 0 Å². The van der Waals surface area contributed by atoms with Crippen LogP contribution in [0.3, 0.4) is 0 Å². The minimum absolute atomic E-state index is 0.398. The monoisotopic (exact) mass is 346 g/mol. The molecule has 124 valence electrons. The summed E-state index contributed by atoms with van der Waals surface area (Å²) in [5.41, 5.74) is 0.408. The van der Waals surface area contributed by atoms with Gasteiger partial charge in [0.25, 0.3) is 0 Å². The number of rotatable bonds is 6. The molecule has 22 heavy (non-hydrogen) atoms. The average Bonchev–Trinajstić information content (AvgIpc) is 2.36. The van der Waals surface area contributed by atoms with E-state index in [1.807, 2.05) is 24.3 Å². The maximum Gasteiger partial charge on any atom is 0.209 e. The van der Waals surface area contributed by atoms with Crippen molar-refractivity contribution in [3.8, 4) is 0 Å². The lowest BCUT2D eigenvalue weighted by Gasteiger charge is -2.26. The van der Waals surface area contributed by atoms with E-state index in [1.165, 1.54) is 0 Å². The third-order valence-corrected chi connectivity index (χ3v) is 3.89. The molecule has 0 saturated heterocycles. The lowest BCUT2D eigenvalue weighted by Crippen LogP contribution is -2.52. The molecule has 3 N–H and O–H groups in total. The van der Waals surface area contributed by atoms with Crippen molar-refractivity contribution in [2.75, 3.05) is 19.8 Å². The van der Waals surface area contributed by atoms with Crippen LogP contribution in [0.25, 0.3) is 0 Å². The maximum absolute atomic E-state index is 11.3. The summed E-state index contributed by atoms with van der Waals surface area (Å²) in [6, 6.07) is 7.53. The van der Waals surface area contributed by atoms with Gasteiger partial charge in [-0.05, 0) is 31.5 Å². The van der Waals surface area contributed by atoms with Gasteiger partial charge in [-0.1, -0.05) is 23.7 Å². The number of benzene rings is 1. The van der Waals surface area contributed by atoms with E-state index in [2.05, 4.69) is 20.3 Å². The van der Waals surface area contributed by atoms with Gasteiger partial charge in [-0.15, -0.1) is 0 Å². The summed E-state index contributed by atoms with van der Waals surface area (Å²) in [4.78, 5) is 4.11. The summed E-state index contributed by atoms with van der Waals surface area (Å²) in [6.07, 6.45) is 1.14. The summed E-state index contributed by atoms with van der Waals surface area (Å²) in [6.45, 7) is 4.56. The molecule has 0 heterocycles. The van der Waals surface area contributed by atoms with Crippen LogP contribution in [0.1, 0.15) is 19.4 Å². The van der Waals surface area contributed by atoms with Gasteiger partial charge in [-0.25, -0.2) is 13.1 Å². The average molecular weight is 347 g/mol. The second kappa shape index (κ2) is 7.80. The molecule has 0 unspecified atom stereocenters. The lowest BCUT2D eigenvalue weighted by atomic mass is 10.1. The van der Waals surface area contributed by atoms with Crippen molar-refractivity contribution in [2.24, 2.45) is 4.99 Å². The molecule has 0 spiro atoms. The van der Waals surface area contributed by atoms with Crippen LogP contribution in [-0.2, 0) is 16.6 Å². The van der Waals surface area contributed by atoms with Gasteiger partial charge in [0.2, 0.25) is 10.0 Å². The van der Waals surface area contributed by atoms with E-state index in [9.17, 15) is 8.42 Å². The molecule has 0 aliphatic heterocycles. The zero-order valence-corrected chi connectivity index (χ0v) is 14.8. The highest BCUT2D eigenvalue weighted by Gasteiger charge is 2.22. The van der Waals surface area contributed by atoms with Crippen LogP contribution in [0.15, 0.2) is 29.3 Å². The number of aliphatic imine (C=N–C) groups is 1. The third-order valence-electron chi connectivity index (χ3n) is 2.73. The van der Waals surface area contributed by atoms with E-state index in [0.29, 0.717) is 24.1 Å². The van der Waals surface area contributed by atoms with Crippen LogP contribution < -0.4 is 15.4 Å². The molecule has 0 aliphatic rings. The van der Waals surface area contributed by atoms with Gasteiger partial charge in [0.05, 0.1) is 6.26 Å². The third kappa shape index (κ3) is 7.63. The molecule has 0 bridgehead atoms. The van der Waals surface area contributed by atoms with Crippen molar-refractivity contribution in [1.29, 1.82) is 0 Å². The molecule has 0 radical (unpaired) electrons. The fourth-order valence-electron chi connectivity index (χ4n) is 1.90. The molecule has 0 fully saturated rings. The predicted molar refractivity (Wildman–Crippen MR) is 91.7 cm³/mol. The van der Waals surface area contributed by atoms with E-state index in [4.69, 9.17) is 11.6 Å². The fraction of sp³-hybridized carbons (Fsp3) is 0.500. The van der Waals surface area contributed by atoms with Crippen molar-refractivity contribution in [1.82, 2.24) is 15.4 Å². The molecule has 1 aromatic carbocycles. The first kappa shape index (κ1) is 18.7. The van der Waals surface area contributed by atoms with E-state index in [-0.39, 0.29) is 0 Å². The first-order valence-corrected chi connectivity index (χ1v) is 9.06. The van der Waals surface area contributed by atoms with Crippen LogP contribution >= 0.6 is 11.6 Å². The summed E-state index contributed by atoms with van der Waals surface area (Å²) in [7, 11) is -1.60. The first-order valence-electron chi connectivity index (χ1n) is 6.79. The highest BCUT2D eigenvalue weighted by Crippen LogP contribution is 2.10. The second-order valence-electron chi connectivity index (χ2n) is 5.67. The Morgan fingerprint density at radius 3 is 2.55 bits per heavy atom. The van der Waals surface area contributed by atoms with Crippen molar-refractivity contribution in [3.05, 3.63) is 34.9 Å². The Hall–Kier alpha value is -1.31. The van der Waals surface area contributed by atoms with Crippen LogP contribution in [0.4, 0.5) is 0 Å². The van der Waals surface area contributed by atoms with Crippen LogP contribution in [0.5, 0.6) is 0 Å². The number of nitrogens with one attached hydrogen (secondary N) is 3. The number of sulfonamides is 1. The first-order chi connectivity index (χ1) is 10.1. The van der Waals surface area contributed by atoms with Crippen LogP contribution in [0.2, 0.25) is 5.02 Å². The van der Waals surface area contributed by atoms with Gasteiger partial charge < -0.3 is 10.6 Å². The molecule has 6 nitrogen and oxygen atoms in total. The SMILES string of the molecule is CN=C(NCc1cccc(Cl)c1)NCC(C)(C)NS(C)(=O)=O. The Balaban J connectivity index is 2.52. The van der Waals surface area contributed by atoms with Crippen molar-refractivity contribution >= 4 is 27.6 Å². The van der Waals surface area contributed by atoms with Gasteiger partial charge in [0.15, 0.2) is 5.96 Å². The van der Waals surface area contributed by atoms with Gasteiger partial charge in [-0.3, -0.25) is 4.99 Å². The molecule has 1 rings (SSSR count). The molecule has 0 saturated carbocycles. The Morgan fingerprint density at radius 2 is 2.00 bits per heavy atom.